The molecule has 0 aliphatic carbocycles. The van der Waals surface area contributed by atoms with E-state index in [4.69, 9.17) is 16.0 Å². The van der Waals surface area contributed by atoms with Crippen LogP contribution in [-0.2, 0) is 17.8 Å². The van der Waals surface area contributed by atoms with Gasteiger partial charge in [0.05, 0.1) is 11.8 Å². The van der Waals surface area contributed by atoms with Gasteiger partial charge in [0.2, 0.25) is 5.91 Å². The summed E-state index contributed by atoms with van der Waals surface area (Å²) in [6, 6.07) is 11.0. The monoisotopic (exact) mass is 445 g/mol. The molecular formula is C23H22ClF2N3O2. The van der Waals surface area contributed by atoms with Gasteiger partial charge in [0, 0.05) is 56.2 Å². The third kappa shape index (κ3) is 5.11. The number of amides is 1. The Labute approximate surface area is 184 Å². The lowest BCUT2D eigenvalue weighted by molar-refractivity contribution is -0.133. The first-order valence-electron chi connectivity index (χ1n) is 10.1. The first-order valence-corrected chi connectivity index (χ1v) is 10.5. The van der Waals surface area contributed by atoms with Crippen molar-refractivity contribution in [2.24, 2.45) is 0 Å². The fraction of sp³-hybridized carbons (Fsp3) is 0.304. The highest BCUT2D eigenvalue weighted by Crippen LogP contribution is 2.24. The molecule has 162 valence electrons. The first kappa shape index (κ1) is 21.5. The van der Waals surface area contributed by atoms with Crippen LogP contribution in [0, 0.1) is 11.6 Å². The van der Waals surface area contributed by atoms with E-state index in [1.807, 2.05) is 0 Å². The number of oxazole rings is 1. The Hall–Kier alpha value is -2.77. The van der Waals surface area contributed by atoms with Gasteiger partial charge in [-0.15, -0.1) is 0 Å². The van der Waals surface area contributed by atoms with Crippen molar-refractivity contribution in [1.82, 2.24) is 14.8 Å². The van der Waals surface area contributed by atoms with Gasteiger partial charge in [-0.2, -0.15) is 0 Å². The number of hydrogen-bond acceptors (Lipinski definition) is 4. The molecule has 0 radical (unpaired) electrons. The Balaban J connectivity index is 1.27. The number of nitrogens with zero attached hydrogens (tertiary/aromatic N) is 3. The van der Waals surface area contributed by atoms with Gasteiger partial charge in [0.15, 0.2) is 11.7 Å². The summed E-state index contributed by atoms with van der Waals surface area (Å²) in [7, 11) is 0. The molecule has 3 aromatic rings. The molecule has 0 bridgehead atoms. The Bertz CT molecular complexity index is 1040. The van der Waals surface area contributed by atoms with Gasteiger partial charge >= 0.3 is 0 Å². The summed E-state index contributed by atoms with van der Waals surface area (Å²) in [6.07, 6.45) is 2.08. The van der Waals surface area contributed by atoms with Crippen LogP contribution in [0.2, 0.25) is 5.02 Å². The average molecular weight is 446 g/mol. The number of benzene rings is 2. The van der Waals surface area contributed by atoms with E-state index in [-0.39, 0.29) is 24.0 Å². The molecule has 1 aliphatic rings. The van der Waals surface area contributed by atoms with Gasteiger partial charge in [0.1, 0.15) is 11.6 Å². The number of rotatable bonds is 6. The Kier molecular flexibility index (Phi) is 6.63. The minimum absolute atomic E-state index is 0.00853. The quantitative estimate of drug-likeness (QED) is 0.558. The topological polar surface area (TPSA) is 49.6 Å². The zero-order valence-corrected chi connectivity index (χ0v) is 17.6. The molecule has 8 heteroatoms. The molecule has 1 saturated heterocycles. The van der Waals surface area contributed by atoms with Crippen molar-refractivity contribution < 1.29 is 18.0 Å². The van der Waals surface area contributed by atoms with E-state index >= 15 is 0 Å². The highest BCUT2D eigenvalue weighted by atomic mass is 35.5. The van der Waals surface area contributed by atoms with Crippen molar-refractivity contribution in [3.8, 4) is 11.3 Å². The molecule has 5 nitrogen and oxygen atoms in total. The highest BCUT2D eigenvalue weighted by molar-refractivity contribution is 6.31. The molecule has 1 amide bonds. The van der Waals surface area contributed by atoms with Gasteiger partial charge in [-0.1, -0.05) is 29.8 Å². The molecule has 0 saturated carbocycles. The second-order valence-electron chi connectivity index (χ2n) is 7.46. The third-order valence-electron chi connectivity index (χ3n) is 5.41. The molecule has 0 spiro atoms. The Morgan fingerprint density at radius 3 is 2.52 bits per heavy atom. The molecule has 0 atom stereocenters. The van der Waals surface area contributed by atoms with Crippen molar-refractivity contribution in [2.45, 2.75) is 19.4 Å². The van der Waals surface area contributed by atoms with Gasteiger partial charge in [-0.3, -0.25) is 9.69 Å². The predicted molar refractivity (Wildman–Crippen MR) is 113 cm³/mol. The average Bonchev–Trinajstić information content (AvgIpc) is 3.24. The number of aromatic nitrogens is 1. The summed E-state index contributed by atoms with van der Waals surface area (Å²) in [5, 5.41) is 0.416. The fourth-order valence-electron chi connectivity index (χ4n) is 3.65. The minimum Gasteiger partial charge on any atom is -0.441 e. The maximum atomic E-state index is 14.0. The molecule has 1 fully saturated rings. The summed E-state index contributed by atoms with van der Waals surface area (Å²) in [4.78, 5) is 20.6. The van der Waals surface area contributed by atoms with E-state index < -0.39 is 0 Å². The summed E-state index contributed by atoms with van der Waals surface area (Å²) < 4.78 is 33.5. The number of hydrogen-bond donors (Lipinski definition) is 0. The predicted octanol–water partition coefficient (Wildman–Crippen LogP) is 4.55. The Morgan fingerprint density at radius 1 is 1.03 bits per heavy atom. The van der Waals surface area contributed by atoms with Gasteiger partial charge < -0.3 is 9.32 Å². The smallest absolute Gasteiger partial charge is 0.223 e. The van der Waals surface area contributed by atoms with Crippen LogP contribution in [0.15, 0.2) is 53.1 Å². The van der Waals surface area contributed by atoms with Gasteiger partial charge in [-0.05, 0) is 24.3 Å². The number of aryl methyl sites for hydroxylation is 1. The van der Waals surface area contributed by atoms with E-state index in [0.29, 0.717) is 66.9 Å². The summed E-state index contributed by atoms with van der Waals surface area (Å²) >= 11 is 6.11. The molecule has 1 aliphatic heterocycles. The van der Waals surface area contributed by atoms with Crippen LogP contribution in [-0.4, -0.2) is 46.9 Å². The largest absolute Gasteiger partial charge is 0.441 e. The van der Waals surface area contributed by atoms with Crippen molar-refractivity contribution in [2.75, 3.05) is 26.2 Å². The molecule has 0 unspecified atom stereocenters. The van der Waals surface area contributed by atoms with Crippen LogP contribution in [0.3, 0.4) is 0 Å². The van der Waals surface area contributed by atoms with Gasteiger partial charge in [0.25, 0.3) is 0 Å². The minimum atomic E-state index is -0.379. The maximum Gasteiger partial charge on any atom is 0.223 e. The van der Waals surface area contributed by atoms with Crippen LogP contribution >= 0.6 is 11.6 Å². The second-order valence-corrected chi connectivity index (χ2v) is 7.86. The van der Waals surface area contributed by atoms with E-state index in [0.717, 1.165) is 0 Å². The summed E-state index contributed by atoms with van der Waals surface area (Å²) in [5.74, 6) is 0.0668. The number of halogens is 3. The lowest BCUT2D eigenvalue weighted by Gasteiger charge is -2.35. The molecule has 0 N–H and O–H groups in total. The van der Waals surface area contributed by atoms with Crippen molar-refractivity contribution in [1.29, 1.82) is 0 Å². The third-order valence-corrected chi connectivity index (χ3v) is 5.77. The van der Waals surface area contributed by atoms with E-state index in [2.05, 4.69) is 9.88 Å². The number of piperazine rings is 1. The van der Waals surface area contributed by atoms with E-state index in [1.165, 1.54) is 18.3 Å². The zero-order valence-electron chi connectivity index (χ0n) is 16.9. The summed E-state index contributed by atoms with van der Waals surface area (Å²) in [5.41, 5.74) is 0.831. The zero-order chi connectivity index (χ0) is 21.8. The van der Waals surface area contributed by atoms with E-state index in [9.17, 15) is 13.6 Å². The van der Waals surface area contributed by atoms with Crippen LogP contribution in [0.4, 0.5) is 8.78 Å². The molecule has 1 aromatic heterocycles. The van der Waals surface area contributed by atoms with Crippen LogP contribution in [0.5, 0.6) is 0 Å². The lowest BCUT2D eigenvalue weighted by atomic mass is 10.1. The Morgan fingerprint density at radius 2 is 1.77 bits per heavy atom. The molecular weight excluding hydrogens is 424 g/mol. The first-order chi connectivity index (χ1) is 15.0. The summed E-state index contributed by atoms with van der Waals surface area (Å²) in [6.45, 7) is 2.84. The second kappa shape index (κ2) is 9.58. The molecule has 4 rings (SSSR count). The molecule has 2 aromatic carbocycles. The van der Waals surface area contributed by atoms with Crippen molar-refractivity contribution in [3.05, 3.63) is 76.8 Å². The SMILES string of the molecule is O=C(CCc1ncc(-c2ccccc2F)o1)N1CCN(Cc2c(F)cccc2Cl)CC1. The highest BCUT2D eigenvalue weighted by Gasteiger charge is 2.23. The number of carbonyl (C=O) groups excluding carboxylic acids is 1. The normalized spacial score (nSPS) is 14.7. The molecule has 31 heavy (non-hydrogen) atoms. The van der Waals surface area contributed by atoms with E-state index in [1.54, 1.807) is 35.2 Å². The number of carbonyl (C=O) groups is 1. The fourth-order valence-corrected chi connectivity index (χ4v) is 3.87. The maximum absolute atomic E-state index is 14.0. The van der Waals surface area contributed by atoms with Gasteiger partial charge in [-0.25, -0.2) is 13.8 Å². The lowest BCUT2D eigenvalue weighted by Crippen LogP contribution is -2.48. The van der Waals surface area contributed by atoms with Crippen molar-refractivity contribution >= 4 is 17.5 Å². The standard InChI is InChI=1S/C23H22ClF2N3O2/c24-18-5-3-7-20(26)17(18)15-28-10-12-29(13-11-28)23(30)9-8-22-27-14-21(31-22)16-4-1-2-6-19(16)25/h1-7,14H,8-13,15H2. The van der Waals surface area contributed by atoms with Crippen LogP contribution in [0.25, 0.3) is 11.3 Å². The van der Waals surface area contributed by atoms with Crippen LogP contribution in [0.1, 0.15) is 17.9 Å². The van der Waals surface area contributed by atoms with Crippen LogP contribution < -0.4 is 0 Å². The molecule has 2 heterocycles. The van der Waals surface area contributed by atoms with Crippen molar-refractivity contribution in [3.63, 3.8) is 0 Å².